The van der Waals surface area contributed by atoms with Crippen LogP contribution >= 0.6 is 0 Å². The van der Waals surface area contributed by atoms with E-state index in [9.17, 15) is 0 Å². The summed E-state index contributed by atoms with van der Waals surface area (Å²) in [6, 6.07) is 10.9. The number of unbranched alkanes of at least 4 members (excludes halogenated alkanes) is 11. The Balaban J connectivity index is 2.12. The van der Waals surface area contributed by atoms with Crippen molar-refractivity contribution < 1.29 is 4.48 Å². The van der Waals surface area contributed by atoms with Gasteiger partial charge in [-0.15, -0.1) is 6.58 Å². The fourth-order valence-corrected chi connectivity index (χ4v) is 4.63. The van der Waals surface area contributed by atoms with Gasteiger partial charge in [0.15, 0.2) is 0 Å². The fraction of sp³-hybridized carbons (Fsp3) is 0.714. The molecule has 0 radical (unpaired) electrons. The van der Waals surface area contributed by atoms with Crippen LogP contribution in [0.25, 0.3) is 0 Å². The molecular weight excluding hydrogens is 350 g/mol. The van der Waals surface area contributed by atoms with Crippen molar-refractivity contribution in [2.45, 2.75) is 103 Å². The second-order valence-corrected chi connectivity index (χ2v) is 9.83. The molecule has 166 valence electrons. The van der Waals surface area contributed by atoms with E-state index in [1.807, 2.05) is 0 Å². The average Bonchev–Trinajstić information content (AvgIpc) is 2.69. The predicted molar refractivity (Wildman–Crippen MR) is 131 cm³/mol. The van der Waals surface area contributed by atoms with Gasteiger partial charge >= 0.3 is 0 Å². The van der Waals surface area contributed by atoms with E-state index in [0.717, 1.165) is 23.4 Å². The van der Waals surface area contributed by atoms with Crippen LogP contribution in [0.1, 0.15) is 102 Å². The molecule has 0 aliphatic heterocycles. The highest BCUT2D eigenvalue weighted by molar-refractivity contribution is 5.13. The van der Waals surface area contributed by atoms with Crippen molar-refractivity contribution in [2.24, 2.45) is 5.92 Å². The van der Waals surface area contributed by atoms with Gasteiger partial charge in [-0.3, -0.25) is 0 Å². The van der Waals surface area contributed by atoms with E-state index in [-0.39, 0.29) is 0 Å². The van der Waals surface area contributed by atoms with Gasteiger partial charge in [-0.25, -0.2) is 0 Å². The Morgan fingerprint density at radius 3 is 1.83 bits per heavy atom. The Morgan fingerprint density at radius 1 is 0.793 bits per heavy atom. The predicted octanol–water partition coefficient (Wildman–Crippen LogP) is 8.55. The first-order valence-electron chi connectivity index (χ1n) is 12.5. The normalized spacial score (nSPS) is 12.8. The van der Waals surface area contributed by atoms with Crippen LogP contribution in [-0.4, -0.2) is 25.1 Å². The maximum atomic E-state index is 4.02. The molecule has 0 aromatic heterocycles. The standard InChI is InChI=1S/C28H50N/c1-5-7-8-9-10-11-12-13-14-15-16-18-22-27(21-6-2)25-29(3,4)26-28-23-19-17-20-24-28/h6,17,19-20,23-24,27H,2,5,7-16,18,21-22,25-26H2,1,3-4H3/q+1. The Labute approximate surface area is 183 Å². The zero-order valence-electron chi connectivity index (χ0n) is 20.0. The highest BCUT2D eigenvalue weighted by atomic mass is 15.3. The molecule has 1 unspecified atom stereocenters. The van der Waals surface area contributed by atoms with Crippen molar-refractivity contribution in [1.29, 1.82) is 0 Å². The summed E-state index contributed by atoms with van der Waals surface area (Å²) >= 11 is 0. The summed E-state index contributed by atoms with van der Waals surface area (Å²) in [6.45, 7) is 8.68. The molecule has 0 heterocycles. The minimum absolute atomic E-state index is 0.773. The van der Waals surface area contributed by atoms with Crippen molar-refractivity contribution in [2.75, 3.05) is 20.6 Å². The van der Waals surface area contributed by atoms with Crippen molar-refractivity contribution in [3.8, 4) is 0 Å². The number of hydrogen-bond acceptors (Lipinski definition) is 0. The molecule has 0 amide bonds. The molecule has 0 saturated heterocycles. The van der Waals surface area contributed by atoms with Crippen LogP contribution in [0.3, 0.4) is 0 Å². The van der Waals surface area contributed by atoms with Gasteiger partial charge in [0, 0.05) is 11.5 Å². The molecular formula is C28H50N+. The van der Waals surface area contributed by atoms with Gasteiger partial charge in [-0.1, -0.05) is 120 Å². The largest absolute Gasteiger partial charge is 0.324 e. The molecule has 0 bridgehead atoms. The quantitative estimate of drug-likeness (QED) is 0.124. The maximum Gasteiger partial charge on any atom is 0.104 e. The number of hydrogen-bond donors (Lipinski definition) is 0. The lowest BCUT2D eigenvalue weighted by molar-refractivity contribution is -0.906. The molecule has 0 spiro atoms. The van der Waals surface area contributed by atoms with Crippen LogP contribution in [0, 0.1) is 5.92 Å². The maximum absolute atomic E-state index is 4.02. The summed E-state index contributed by atoms with van der Waals surface area (Å²) in [4.78, 5) is 0. The summed E-state index contributed by atoms with van der Waals surface area (Å²) < 4.78 is 1.07. The first-order chi connectivity index (χ1) is 14.1. The fourth-order valence-electron chi connectivity index (χ4n) is 4.63. The summed E-state index contributed by atoms with van der Waals surface area (Å²) in [5.41, 5.74) is 1.44. The molecule has 0 aliphatic rings. The Morgan fingerprint density at radius 2 is 1.31 bits per heavy atom. The first kappa shape index (κ1) is 26.0. The third kappa shape index (κ3) is 14.5. The molecule has 1 nitrogen and oxygen atoms in total. The molecule has 1 aromatic rings. The Bertz CT molecular complexity index is 490. The topological polar surface area (TPSA) is 0 Å². The van der Waals surface area contributed by atoms with Gasteiger partial charge in [-0.2, -0.15) is 0 Å². The van der Waals surface area contributed by atoms with Crippen molar-refractivity contribution >= 4 is 0 Å². The molecule has 29 heavy (non-hydrogen) atoms. The SMILES string of the molecule is C=CCC(CCCCCCCCCCCCCC)C[N+](C)(C)Cc1ccccc1. The number of nitrogens with zero attached hydrogens (tertiary/aromatic N) is 1. The summed E-state index contributed by atoms with van der Waals surface area (Å²) in [6.07, 6.45) is 21.8. The van der Waals surface area contributed by atoms with Crippen LogP contribution in [0.4, 0.5) is 0 Å². The lowest BCUT2D eigenvalue weighted by atomic mass is 9.95. The molecule has 1 aromatic carbocycles. The third-order valence-electron chi connectivity index (χ3n) is 6.17. The molecule has 1 atom stereocenters. The van der Waals surface area contributed by atoms with E-state index in [1.165, 1.54) is 95.6 Å². The Kier molecular flexibility index (Phi) is 14.9. The molecule has 0 aliphatic carbocycles. The molecule has 1 heteroatoms. The number of benzene rings is 1. The van der Waals surface area contributed by atoms with Gasteiger partial charge in [0.05, 0.1) is 20.6 Å². The lowest BCUT2D eigenvalue weighted by Crippen LogP contribution is -2.42. The van der Waals surface area contributed by atoms with Gasteiger partial charge in [-0.05, 0) is 12.8 Å². The number of allylic oxidation sites excluding steroid dienone is 1. The minimum Gasteiger partial charge on any atom is -0.324 e. The smallest absolute Gasteiger partial charge is 0.104 e. The van der Waals surface area contributed by atoms with Crippen molar-refractivity contribution in [1.82, 2.24) is 0 Å². The molecule has 1 rings (SSSR count). The highest BCUT2D eigenvalue weighted by Gasteiger charge is 2.21. The van der Waals surface area contributed by atoms with Gasteiger partial charge in [0.2, 0.25) is 0 Å². The van der Waals surface area contributed by atoms with E-state index in [0.29, 0.717) is 0 Å². The lowest BCUT2D eigenvalue weighted by Gasteiger charge is -2.33. The van der Waals surface area contributed by atoms with Crippen LogP contribution < -0.4 is 0 Å². The van der Waals surface area contributed by atoms with E-state index >= 15 is 0 Å². The van der Waals surface area contributed by atoms with E-state index in [1.54, 1.807) is 0 Å². The van der Waals surface area contributed by atoms with Crippen molar-refractivity contribution in [3.05, 3.63) is 48.6 Å². The van der Waals surface area contributed by atoms with E-state index < -0.39 is 0 Å². The van der Waals surface area contributed by atoms with Crippen LogP contribution in [0.2, 0.25) is 0 Å². The Hall–Kier alpha value is -1.08. The minimum atomic E-state index is 0.773. The van der Waals surface area contributed by atoms with Crippen LogP contribution in [0.15, 0.2) is 43.0 Å². The molecule has 0 fully saturated rings. The molecule has 0 N–H and O–H groups in total. The van der Waals surface area contributed by atoms with Crippen molar-refractivity contribution in [3.63, 3.8) is 0 Å². The van der Waals surface area contributed by atoms with E-state index in [2.05, 4.69) is 64.0 Å². The highest BCUT2D eigenvalue weighted by Crippen LogP contribution is 2.21. The van der Waals surface area contributed by atoms with Gasteiger partial charge in [0.1, 0.15) is 6.54 Å². The third-order valence-corrected chi connectivity index (χ3v) is 6.17. The summed E-state index contributed by atoms with van der Waals surface area (Å²) in [5, 5.41) is 0. The second kappa shape index (κ2) is 16.7. The number of quaternary nitrogens is 1. The second-order valence-electron chi connectivity index (χ2n) is 9.83. The summed E-state index contributed by atoms with van der Waals surface area (Å²) in [5.74, 6) is 0.773. The zero-order chi connectivity index (χ0) is 21.2. The zero-order valence-corrected chi connectivity index (χ0v) is 20.0. The van der Waals surface area contributed by atoms with Gasteiger partial charge in [0.25, 0.3) is 0 Å². The molecule has 0 saturated carbocycles. The van der Waals surface area contributed by atoms with Gasteiger partial charge < -0.3 is 4.48 Å². The van der Waals surface area contributed by atoms with Crippen LogP contribution in [-0.2, 0) is 6.54 Å². The first-order valence-corrected chi connectivity index (χ1v) is 12.5. The number of rotatable bonds is 19. The average molecular weight is 401 g/mol. The van der Waals surface area contributed by atoms with E-state index in [4.69, 9.17) is 0 Å². The van der Waals surface area contributed by atoms with Crippen LogP contribution in [0.5, 0.6) is 0 Å². The monoisotopic (exact) mass is 400 g/mol. The summed E-state index contributed by atoms with van der Waals surface area (Å²) in [7, 11) is 4.76.